The van der Waals surface area contributed by atoms with Crippen molar-refractivity contribution in [3.05, 3.63) is 34.4 Å². The highest BCUT2D eigenvalue weighted by Gasteiger charge is 2.14. The third-order valence-corrected chi connectivity index (χ3v) is 2.69. The van der Waals surface area contributed by atoms with Gasteiger partial charge in [-0.1, -0.05) is 11.6 Å². The predicted octanol–water partition coefficient (Wildman–Crippen LogP) is 2.51. The highest BCUT2D eigenvalue weighted by molar-refractivity contribution is 6.33. The summed E-state index contributed by atoms with van der Waals surface area (Å²) in [7, 11) is 0. The van der Waals surface area contributed by atoms with Crippen LogP contribution >= 0.6 is 11.6 Å². The van der Waals surface area contributed by atoms with Gasteiger partial charge in [-0.15, -0.1) is 0 Å². The summed E-state index contributed by atoms with van der Waals surface area (Å²) in [5.74, 6) is -2.73. The Hall–Kier alpha value is -1.20. The second kappa shape index (κ2) is 7.28. The minimum atomic E-state index is -1.11. The summed E-state index contributed by atoms with van der Waals surface area (Å²) >= 11 is 5.66. The van der Waals surface area contributed by atoms with Gasteiger partial charge in [0.25, 0.3) is 5.91 Å². The van der Waals surface area contributed by atoms with Gasteiger partial charge in [0.2, 0.25) is 0 Å². The first-order chi connectivity index (χ1) is 8.56. The molecule has 0 bridgehead atoms. The van der Waals surface area contributed by atoms with Crippen LogP contribution in [0.4, 0.5) is 8.78 Å². The van der Waals surface area contributed by atoms with Gasteiger partial charge in [-0.3, -0.25) is 4.79 Å². The zero-order valence-electron chi connectivity index (χ0n) is 9.68. The average Bonchev–Trinajstić information content (AvgIpc) is 2.33. The van der Waals surface area contributed by atoms with E-state index in [0.29, 0.717) is 19.4 Å². The van der Waals surface area contributed by atoms with E-state index in [2.05, 4.69) is 5.32 Å². The number of carbonyl (C=O) groups is 1. The molecular weight excluding hydrogens is 264 g/mol. The van der Waals surface area contributed by atoms with Crippen molar-refractivity contribution >= 4 is 17.5 Å². The van der Waals surface area contributed by atoms with Crippen molar-refractivity contribution in [2.24, 2.45) is 0 Å². The second-order valence-corrected chi connectivity index (χ2v) is 4.19. The number of aliphatic hydroxyl groups is 1. The molecule has 0 spiro atoms. The number of hydrogen-bond acceptors (Lipinski definition) is 2. The SMILES string of the molecule is O=C(NCCCCCO)c1cc(F)c(F)cc1Cl. The van der Waals surface area contributed by atoms with E-state index < -0.39 is 17.5 Å². The fourth-order valence-electron chi connectivity index (χ4n) is 1.41. The monoisotopic (exact) mass is 277 g/mol. The number of aliphatic hydroxyl groups excluding tert-OH is 1. The molecular formula is C12H14ClF2NO2. The first-order valence-corrected chi connectivity index (χ1v) is 5.97. The minimum absolute atomic E-state index is 0.0854. The summed E-state index contributed by atoms with van der Waals surface area (Å²) in [6, 6.07) is 1.55. The molecule has 6 heteroatoms. The lowest BCUT2D eigenvalue weighted by atomic mass is 10.2. The summed E-state index contributed by atoms with van der Waals surface area (Å²) in [5, 5.41) is 11.0. The van der Waals surface area contributed by atoms with Gasteiger partial charge in [0.15, 0.2) is 11.6 Å². The van der Waals surface area contributed by atoms with E-state index in [9.17, 15) is 13.6 Å². The van der Waals surface area contributed by atoms with Gasteiger partial charge in [-0.2, -0.15) is 0 Å². The molecule has 1 aromatic carbocycles. The molecule has 0 unspecified atom stereocenters. The third-order valence-electron chi connectivity index (χ3n) is 2.38. The normalized spacial score (nSPS) is 10.4. The molecule has 0 heterocycles. The fraction of sp³-hybridized carbons (Fsp3) is 0.417. The van der Waals surface area contributed by atoms with Crippen molar-refractivity contribution in [2.75, 3.05) is 13.2 Å². The predicted molar refractivity (Wildman–Crippen MR) is 64.6 cm³/mol. The van der Waals surface area contributed by atoms with Crippen LogP contribution in [0.25, 0.3) is 0 Å². The molecule has 100 valence electrons. The fourth-order valence-corrected chi connectivity index (χ4v) is 1.64. The third kappa shape index (κ3) is 4.23. The van der Waals surface area contributed by atoms with Crippen molar-refractivity contribution in [1.82, 2.24) is 5.32 Å². The molecule has 0 aliphatic carbocycles. The lowest BCUT2D eigenvalue weighted by molar-refractivity contribution is 0.0952. The Kier molecular flexibility index (Phi) is 6.01. The number of unbranched alkanes of at least 4 members (excludes halogenated alkanes) is 2. The van der Waals surface area contributed by atoms with Crippen molar-refractivity contribution in [3.8, 4) is 0 Å². The highest BCUT2D eigenvalue weighted by Crippen LogP contribution is 2.19. The quantitative estimate of drug-likeness (QED) is 0.620. The number of rotatable bonds is 6. The smallest absolute Gasteiger partial charge is 0.252 e. The number of nitrogens with one attached hydrogen (secondary N) is 1. The van der Waals surface area contributed by atoms with Crippen molar-refractivity contribution in [3.63, 3.8) is 0 Å². The largest absolute Gasteiger partial charge is 0.396 e. The standard InChI is InChI=1S/C12H14ClF2NO2/c13-9-7-11(15)10(14)6-8(9)12(18)16-4-2-1-3-5-17/h6-7,17H,1-5H2,(H,16,18). The molecule has 0 radical (unpaired) electrons. The van der Waals surface area contributed by atoms with Crippen LogP contribution in [0.1, 0.15) is 29.6 Å². The van der Waals surface area contributed by atoms with Crippen LogP contribution in [-0.2, 0) is 0 Å². The Morgan fingerprint density at radius 3 is 2.56 bits per heavy atom. The number of hydrogen-bond donors (Lipinski definition) is 2. The Balaban J connectivity index is 2.54. The number of carbonyl (C=O) groups excluding carboxylic acids is 1. The molecule has 0 aliphatic rings. The van der Waals surface area contributed by atoms with E-state index in [1.54, 1.807) is 0 Å². The maximum absolute atomic E-state index is 13.0. The molecule has 18 heavy (non-hydrogen) atoms. The van der Waals surface area contributed by atoms with E-state index in [1.165, 1.54) is 0 Å². The summed E-state index contributed by atoms with van der Waals surface area (Å²) in [6.45, 7) is 0.511. The molecule has 0 aliphatic heterocycles. The first kappa shape index (κ1) is 14.9. The molecule has 2 N–H and O–H groups in total. The van der Waals surface area contributed by atoms with E-state index in [0.717, 1.165) is 18.6 Å². The second-order valence-electron chi connectivity index (χ2n) is 3.79. The molecule has 0 atom stereocenters. The molecule has 0 saturated heterocycles. The molecule has 1 aromatic rings. The van der Waals surface area contributed by atoms with Gasteiger partial charge in [0.1, 0.15) is 0 Å². The van der Waals surface area contributed by atoms with Crippen LogP contribution in [0.15, 0.2) is 12.1 Å². The van der Waals surface area contributed by atoms with Crippen molar-refractivity contribution in [2.45, 2.75) is 19.3 Å². The first-order valence-electron chi connectivity index (χ1n) is 5.60. The maximum Gasteiger partial charge on any atom is 0.252 e. The number of amides is 1. The highest BCUT2D eigenvalue weighted by atomic mass is 35.5. The van der Waals surface area contributed by atoms with E-state index in [-0.39, 0.29) is 17.2 Å². The van der Waals surface area contributed by atoms with Gasteiger partial charge in [0.05, 0.1) is 10.6 Å². The molecule has 1 rings (SSSR count). The number of halogens is 3. The van der Waals surface area contributed by atoms with Crippen LogP contribution in [0.3, 0.4) is 0 Å². The zero-order valence-corrected chi connectivity index (χ0v) is 10.4. The van der Waals surface area contributed by atoms with Gasteiger partial charge in [-0.05, 0) is 31.4 Å². The van der Waals surface area contributed by atoms with Gasteiger partial charge in [-0.25, -0.2) is 8.78 Å². The summed E-state index contributed by atoms with van der Waals surface area (Å²) in [5.41, 5.74) is -0.0854. The molecule has 0 saturated carbocycles. The van der Waals surface area contributed by atoms with Gasteiger partial charge in [0, 0.05) is 13.2 Å². The van der Waals surface area contributed by atoms with Gasteiger partial charge < -0.3 is 10.4 Å². The molecule has 3 nitrogen and oxygen atoms in total. The number of benzene rings is 1. The maximum atomic E-state index is 13.0. The van der Waals surface area contributed by atoms with Crippen LogP contribution in [0.5, 0.6) is 0 Å². The summed E-state index contributed by atoms with van der Waals surface area (Å²) in [4.78, 5) is 11.6. The van der Waals surface area contributed by atoms with Crippen LogP contribution in [-0.4, -0.2) is 24.2 Å². The van der Waals surface area contributed by atoms with Gasteiger partial charge >= 0.3 is 0 Å². The Bertz CT molecular complexity index is 427. The van der Waals surface area contributed by atoms with Crippen LogP contribution in [0.2, 0.25) is 5.02 Å². The zero-order chi connectivity index (χ0) is 13.5. The van der Waals surface area contributed by atoms with E-state index >= 15 is 0 Å². The Morgan fingerprint density at radius 1 is 1.22 bits per heavy atom. The van der Waals surface area contributed by atoms with Crippen LogP contribution < -0.4 is 5.32 Å². The van der Waals surface area contributed by atoms with Crippen molar-refractivity contribution in [1.29, 1.82) is 0 Å². The topological polar surface area (TPSA) is 49.3 Å². The van der Waals surface area contributed by atoms with Crippen LogP contribution in [0, 0.1) is 11.6 Å². The molecule has 1 amide bonds. The van der Waals surface area contributed by atoms with Crippen molar-refractivity contribution < 1.29 is 18.7 Å². The van der Waals surface area contributed by atoms with E-state index in [4.69, 9.17) is 16.7 Å². The lowest BCUT2D eigenvalue weighted by Crippen LogP contribution is -2.25. The van der Waals surface area contributed by atoms with E-state index in [1.807, 2.05) is 0 Å². The molecule has 0 fully saturated rings. The Morgan fingerprint density at radius 2 is 1.89 bits per heavy atom. The molecule has 0 aromatic heterocycles. The minimum Gasteiger partial charge on any atom is -0.396 e. The lowest BCUT2D eigenvalue weighted by Gasteiger charge is -2.07. The average molecular weight is 278 g/mol. The Labute approximate surface area is 109 Å². The summed E-state index contributed by atoms with van der Waals surface area (Å²) < 4.78 is 25.8. The summed E-state index contributed by atoms with van der Waals surface area (Å²) in [6.07, 6.45) is 2.15.